The lowest BCUT2D eigenvalue weighted by Gasteiger charge is -2.25. The number of hydrogen-bond acceptors (Lipinski definition) is 2. The molecule has 0 spiro atoms. The van der Waals surface area contributed by atoms with Crippen molar-refractivity contribution in [3.8, 4) is 0 Å². The molecular weight excluding hydrogens is 200 g/mol. The van der Waals surface area contributed by atoms with Gasteiger partial charge in [-0.05, 0) is 18.8 Å². The van der Waals surface area contributed by atoms with Gasteiger partial charge in [0.25, 0.3) is 5.24 Å². The maximum atomic E-state index is 11.4. The van der Waals surface area contributed by atoms with Crippen LogP contribution in [0.2, 0.25) is 0 Å². The largest absolute Gasteiger partial charge is 0.279 e. The van der Waals surface area contributed by atoms with Gasteiger partial charge in [-0.1, -0.05) is 20.8 Å². The predicted octanol–water partition coefficient (Wildman–Crippen LogP) is 1.47. The van der Waals surface area contributed by atoms with Gasteiger partial charge < -0.3 is 0 Å². The van der Waals surface area contributed by atoms with Crippen LogP contribution < -0.4 is 10.9 Å². The average Bonchev–Trinajstić information content (AvgIpc) is 1.95. The molecule has 0 rings (SSSR count). The summed E-state index contributed by atoms with van der Waals surface area (Å²) in [7, 11) is -1.31. The van der Waals surface area contributed by atoms with Gasteiger partial charge in [-0.25, -0.2) is 0 Å². The quantitative estimate of drug-likeness (QED) is 0.607. The molecule has 0 saturated heterocycles. The van der Waals surface area contributed by atoms with Crippen molar-refractivity contribution < 1.29 is 9.59 Å². The zero-order chi connectivity index (χ0) is 11.6. The van der Waals surface area contributed by atoms with Gasteiger partial charge in [0.1, 0.15) is 0 Å². The van der Waals surface area contributed by atoms with Gasteiger partial charge in [-0.2, -0.15) is 10.0 Å². The fourth-order valence-corrected chi connectivity index (χ4v) is 0.806. The van der Waals surface area contributed by atoms with Gasteiger partial charge in [0.05, 0.1) is 0 Å². The summed E-state index contributed by atoms with van der Waals surface area (Å²) in [6, 6.07) is 0. The van der Waals surface area contributed by atoms with Crippen molar-refractivity contribution in [2.24, 2.45) is 5.41 Å². The Bertz CT molecular complexity index is 212. The highest BCUT2D eigenvalue weighted by atomic mass is 32.3. The van der Waals surface area contributed by atoms with E-state index in [9.17, 15) is 9.59 Å². The Kier molecular flexibility index (Phi) is 4.00. The third-order valence-corrected chi connectivity index (χ3v) is 2.73. The Hall–Kier alpha value is -0.710. The predicted molar refractivity (Wildman–Crippen MR) is 61.5 cm³/mol. The summed E-state index contributed by atoms with van der Waals surface area (Å²) in [5.41, 5.74) is 4.35. The van der Waals surface area contributed by atoms with E-state index in [1.165, 1.54) is 0 Å². The lowest BCUT2D eigenvalue weighted by molar-refractivity contribution is -0.129. The number of rotatable bonds is 0. The molecule has 0 bridgehead atoms. The summed E-state index contributed by atoms with van der Waals surface area (Å²) < 4.78 is 0. The van der Waals surface area contributed by atoms with E-state index in [4.69, 9.17) is 0 Å². The Morgan fingerprint density at radius 3 is 1.71 bits per heavy atom. The first-order chi connectivity index (χ1) is 6.05. The summed E-state index contributed by atoms with van der Waals surface area (Å²) in [6.07, 6.45) is 5.60. The van der Waals surface area contributed by atoms with Gasteiger partial charge in [0.2, 0.25) is 5.91 Å². The third kappa shape index (κ3) is 4.50. The van der Waals surface area contributed by atoms with Crippen LogP contribution in [-0.2, 0) is 4.79 Å². The number of nitrogens with one attached hydrogen (secondary N) is 2. The van der Waals surface area contributed by atoms with Gasteiger partial charge in [-0.3, -0.25) is 20.4 Å². The third-order valence-electron chi connectivity index (χ3n) is 1.52. The molecular formula is C9H20N2O2S. The van der Waals surface area contributed by atoms with E-state index in [2.05, 4.69) is 10.9 Å². The average molecular weight is 220 g/mol. The number of carbonyl (C=O) groups is 2. The van der Waals surface area contributed by atoms with Crippen LogP contribution in [0.5, 0.6) is 0 Å². The van der Waals surface area contributed by atoms with E-state index in [0.29, 0.717) is 0 Å². The topological polar surface area (TPSA) is 58.2 Å². The monoisotopic (exact) mass is 220 g/mol. The maximum absolute atomic E-state index is 11.4. The molecule has 0 aliphatic rings. The highest BCUT2D eigenvalue weighted by Crippen LogP contribution is 2.34. The first kappa shape index (κ1) is 13.3. The van der Waals surface area contributed by atoms with Crippen LogP contribution in [0.25, 0.3) is 0 Å². The lowest BCUT2D eigenvalue weighted by atomic mass is 9.96. The second-order valence-corrected chi connectivity index (χ2v) is 9.00. The van der Waals surface area contributed by atoms with Crippen molar-refractivity contribution in [1.29, 1.82) is 0 Å². The molecule has 0 aromatic carbocycles. The molecule has 14 heavy (non-hydrogen) atoms. The minimum absolute atomic E-state index is 0.116. The number of hydrazine groups is 1. The van der Waals surface area contributed by atoms with Crippen molar-refractivity contribution in [2.45, 2.75) is 20.8 Å². The Balaban J connectivity index is 4.10. The van der Waals surface area contributed by atoms with Gasteiger partial charge in [-0.15, -0.1) is 0 Å². The van der Waals surface area contributed by atoms with E-state index in [1.54, 1.807) is 20.8 Å². The first-order valence-corrected chi connectivity index (χ1v) is 7.19. The highest BCUT2D eigenvalue weighted by Gasteiger charge is 2.23. The van der Waals surface area contributed by atoms with Crippen molar-refractivity contribution in [1.82, 2.24) is 10.9 Å². The van der Waals surface area contributed by atoms with Crippen molar-refractivity contribution in [3.05, 3.63) is 0 Å². The molecule has 0 aromatic heterocycles. The smallest absolute Gasteiger partial charge is 0.273 e. The molecule has 0 saturated carbocycles. The molecule has 4 nitrogen and oxygen atoms in total. The molecule has 84 valence electrons. The summed E-state index contributed by atoms with van der Waals surface area (Å²) in [5, 5.41) is -0.116. The molecule has 0 aromatic rings. The molecule has 0 fully saturated rings. The molecule has 0 heterocycles. The first-order valence-electron chi connectivity index (χ1n) is 4.34. The fraction of sp³-hybridized carbons (Fsp3) is 0.778. The summed E-state index contributed by atoms with van der Waals surface area (Å²) in [4.78, 5) is 22.8. The van der Waals surface area contributed by atoms with Crippen molar-refractivity contribution in [2.75, 3.05) is 18.8 Å². The minimum Gasteiger partial charge on any atom is -0.273 e. The molecule has 0 unspecified atom stereocenters. The standard InChI is InChI=1S/C9H20N2O2S/c1-9(2,3)7(12)10-11-8(13)14(4,5)6/h1-6H3,(H,10,12)(H,11,13). The maximum Gasteiger partial charge on any atom is 0.279 e. The number of carbonyl (C=O) groups excluding carboxylic acids is 2. The zero-order valence-electron chi connectivity index (χ0n) is 9.72. The molecule has 0 radical (unpaired) electrons. The van der Waals surface area contributed by atoms with E-state index >= 15 is 0 Å². The molecule has 0 aliphatic heterocycles. The van der Waals surface area contributed by atoms with E-state index in [1.807, 2.05) is 18.8 Å². The van der Waals surface area contributed by atoms with Crippen LogP contribution in [0.1, 0.15) is 20.8 Å². The minimum atomic E-state index is -1.31. The van der Waals surface area contributed by atoms with Crippen LogP contribution in [0, 0.1) is 5.41 Å². The van der Waals surface area contributed by atoms with E-state index < -0.39 is 15.4 Å². The molecule has 0 atom stereocenters. The SMILES string of the molecule is CC(C)(C)C(=O)NNC(=O)S(C)(C)C. The summed E-state index contributed by atoms with van der Waals surface area (Å²) in [5.74, 6) is -0.186. The van der Waals surface area contributed by atoms with Crippen LogP contribution >= 0.6 is 10.0 Å². The lowest BCUT2D eigenvalue weighted by Crippen LogP contribution is -2.47. The van der Waals surface area contributed by atoms with Crippen molar-refractivity contribution >= 4 is 21.2 Å². The molecule has 2 amide bonds. The van der Waals surface area contributed by atoms with Crippen LogP contribution in [-0.4, -0.2) is 29.9 Å². The number of hydrogen-bond donors (Lipinski definition) is 2. The van der Waals surface area contributed by atoms with Crippen LogP contribution in [0.4, 0.5) is 4.79 Å². The molecule has 5 heteroatoms. The Labute approximate surface area is 87.1 Å². The molecule has 0 aliphatic carbocycles. The fourth-order valence-electron chi connectivity index (χ4n) is 0.448. The van der Waals surface area contributed by atoms with Gasteiger partial charge in [0, 0.05) is 5.41 Å². The second-order valence-electron chi connectivity index (χ2n) is 4.95. The Morgan fingerprint density at radius 1 is 1.00 bits per heavy atom. The Morgan fingerprint density at radius 2 is 1.43 bits per heavy atom. The van der Waals surface area contributed by atoms with Crippen molar-refractivity contribution in [3.63, 3.8) is 0 Å². The second kappa shape index (κ2) is 4.21. The summed E-state index contributed by atoms with van der Waals surface area (Å²) in [6.45, 7) is 5.37. The van der Waals surface area contributed by atoms with E-state index in [0.717, 1.165) is 0 Å². The van der Waals surface area contributed by atoms with E-state index in [-0.39, 0.29) is 11.1 Å². The van der Waals surface area contributed by atoms with Gasteiger partial charge in [0.15, 0.2) is 0 Å². The van der Waals surface area contributed by atoms with Crippen LogP contribution in [0.15, 0.2) is 0 Å². The highest BCUT2D eigenvalue weighted by molar-refractivity contribution is 8.43. The molecule has 2 N–H and O–H groups in total. The number of amides is 2. The van der Waals surface area contributed by atoms with Gasteiger partial charge >= 0.3 is 0 Å². The normalized spacial score (nSPS) is 13.3. The van der Waals surface area contributed by atoms with Crippen LogP contribution in [0.3, 0.4) is 0 Å². The summed E-state index contributed by atoms with van der Waals surface area (Å²) >= 11 is 0. The zero-order valence-corrected chi connectivity index (χ0v) is 10.5.